The first-order valence-corrected chi connectivity index (χ1v) is 7.37. The number of piperidine rings is 1. The van der Waals surface area contributed by atoms with Crippen LogP contribution in [0.5, 0.6) is 0 Å². The van der Waals surface area contributed by atoms with Crippen LogP contribution in [0, 0.1) is 5.92 Å². The molecule has 0 spiro atoms. The van der Waals surface area contributed by atoms with E-state index in [-0.39, 0.29) is 17.9 Å². The number of likely N-dealkylation sites (tertiary alicyclic amines) is 1. The second kappa shape index (κ2) is 7.04. The van der Waals surface area contributed by atoms with Crippen LogP contribution in [0.1, 0.15) is 25.7 Å². The molecule has 0 bridgehead atoms. The summed E-state index contributed by atoms with van der Waals surface area (Å²) < 4.78 is 5.56. The highest BCUT2D eigenvalue weighted by Gasteiger charge is 2.27. The van der Waals surface area contributed by atoms with E-state index < -0.39 is 5.97 Å². The molecule has 1 amide bonds. The highest BCUT2D eigenvalue weighted by Crippen LogP contribution is 2.18. The monoisotopic (exact) mass is 284 g/mol. The third-order valence-corrected chi connectivity index (χ3v) is 4.14. The maximum absolute atomic E-state index is 12.2. The maximum atomic E-state index is 12.2. The molecule has 6 nitrogen and oxygen atoms in total. The number of ether oxygens (including phenoxy) is 1. The molecule has 0 aromatic rings. The quantitative estimate of drug-likeness (QED) is 0.792. The van der Waals surface area contributed by atoms with E-state index in [0.717, 1.165) is 26.0 Å². The van der Waals surface area contributed by atoms with Crippen molar-refractivity contribution in [3.05, 3.63) is 0 Å². The highest BCUT2D eigenvalue weighted by molar-refractivity contribution is 5.78. The smallest absolute Gasteiger partial charge is 0.306 e. The van der Waals surface area contributed by atoms with Crippen LogP contribution in [0.25, 0.3) is 0 Å². The van der Waals surface area contributed by atoms with E-state index in [1.165, 1.54) is 0 Å². The van der Waals surface area contributed by atoms with Gasteiger partial charge in [-0.1, -0.05) is 0 Å². The standard InChI is InChI=1S/C14H24N2O4/c1-15(9-12-3-2-8-20-12)10-13(17)16-6-4-11(5-7-16)14(18)19/h11-12H,2-10H2,1H3,(H,18,19). The third kappa shape index (κ3) is 4.18. The largest absolute Gasteiger partial charge is 0.481 e. The fourth-order valence-corrected chi connectivity index (χ4v) is 2.91. The number of carboxylic acids is 1. The third-order valence-electron chi connectivity index (χ3n) is 4.14. The van der Waals surface area contributed by atoms with Gasteiger partial charge in [0.2, 0.25) is 5.91 Å². The molecule has 0 aromatic heterocycles. The Labute approximate surface area is 119 Å². The van der Waals surface area contributed by atoms with Crippen molar-refractivity contribution in [3.8, 4) is 0 Å². The molecular formula is C14H24N2O4. The molecule has 2 rings (SSSR count). The Morgan fingerprint density at radius 3 is 2.55 bits per heavy atom. The van der Waals surface area contributed by atoms with E-state index in [9.17, 15) is 9.59 Å². The van der Waals surface area contributed by atoms with Gasteiger partial charge in [0.25, 0.3) is 0 Å². The molecule has 6 heteroatoms. The predicted molar refractivity (Wildman–Crippen MR) is 73.4 cm³/mol. The number of carbonyl (C=O) groups excluding carboxylic acids is 1. The van der Waals surface area contributed by atoms with Gasteiger partial charge in [0.05, 0.1) is 18.6 Å². The number of likely N-dealkylation sites (N-methyl/N-ethyl adjacent to an activating group) is 1. The van der Waals surface area contributed by atoms with Crippen molar-refractivity contribution in [2.24, 2.45) is 5.92 Å². The summed E-state index contributed by atoms with van der Waals surface area (Å²) in [5, 5.41) is 8.94. The van der Waals surface area contributed by atoms with Gasteiger partial charge in [0, 0.05) is 26.2 Å². The number of hydrogen-bond donors (Lipinski definition) is 1. The molecule has 2 heterocycles. The van der Waals surface area contributed by atoms with Gasteiger partial charge in [0.1, 0.15) is 0 Å². The lowest BCUT2D eigenvalue weighted by atomic mass is 9.97. The Kier molecular flexibility index (Phi) is 5.37. The Hall–Kier alpha value is -1.14. The molecule has 20 heavy (non-hydrogen) atoms. The first kappa shape index (κ1) is 15.3. The number of amides is 1. The minimum atomic E-state index is -0.743. The number of carbonyl (C=O) groups is 2. The molecule has 0 aromatic carbocycles. The minimum Gasteiger partial charge on any atom is -0.481 e. The fourth-order valence-electron chi connectivity index (χ4n) is 2.91. The lowest BCUT2D eigenvalue weighted by Gasteiger charge is -2.31. The number of rotatable bonds is 5. The second-order valence-corrected chi connectivity index (χ2v) is 5.83. The first-order valence-electron chi connectivity index (χ1n) is 7.37. The van der Waals surface area contributed by atoms with Crippen LogP contribution in [0.2, 0.25) is 0 Å². The summed E-state index contributed by atoms with van der Waals surface area (Å²) in [4.78, 5) is 26.8. The summed E-state index contributed by atoms with van der Waals surface area (Å²) in [5.41, 5.74) is 0. The maximum Gasteiger partial charge on any atom is 0.306 e. The lowest BCUT2D eigenvalue weighted by Crippen LogP contribution is -2.45. The SMILES string of the molecule is CN(CC(=O)N1CCC(C(=O)O)CC1)CC1CCCO1. The molecule has 1 N–H and O–H groups in total. The van der Waals surface area contributed by atoms with E-state index in [1.54, 1.807) is 4.90 Å². The van der Waals surface area contributed by atoms with Crippen molar-refractivity contribution in [1.29, 1.82) is 0 Å². The second-order valence-electron chi connectivity index (χ2n) is 5.83. The van der Waals surface area contributed by atoms with Crippen LogP contribution in [0.3, 0.4) is 0 Å². The van der Waals surface area contributed by atoms with Crippen molar-refractivity contribution < 1.29 is 19.4 Å². The minimum absolute atomic E-state index is 0.0920. The first-order chi connectivity index (χ1) is 9.56. The van der Waals surface area contributed by atoms with Crippen LogP contribution in [-0.4, -0.2) is 72.7 Å². The van der Waals surface area contributed by atoms with Crippen LogP contribution < -0.4 is 0 Å². The van der Waals surface area contributed by atoms with Gasteiger partial charge in [0.15, 0.2) is 0 Å². The molecule has 0 radical (unpaired) electrons. The van der Waals surface area contributed by atoms with E-state index in [2.05, 4.69) is 0 Å². The zero-order valence-electron chi connectivity index (χ0n) is 12.1. The predicted octanol–water partition coefficient (Wildman–Crippen LogP) is 0.420. The van der Waals surface area contributed by atoms with E-state index in [4.69, 9.17) is 9.84 Å². The number of carboxylic acid groups (broad SMARTS) is 1. The molecule has 114 valence electrons. The van der Waals surface area contributed by atoms with Crippen LogP contribution in [0.15, 0.2) is 0 Å². The fraction of sp³-hybridized carbons (Fsp3) is 0.857. The Morgan fingerprint density at radius 1 is 1.30 bits per heavy atom. The molecule has 1 atom stereocenters. The summed E-state index contributed by atoms with van der Waals surface area (Å²) in [6, 6.07) is 0. The molecule has 0 aliphatic carbocycles. The Morgan fingerprint density at radius 2 is 2.00 bits per heavy atom. The van der Waals surface area contributed by atoms with Crippen molar-refractivity contribution in [1.82, 2.24) is 9.80 Å². The van der Waals surface area contributed by atoms with Gasteiger partial charge in [-0.05, 0) is 32.7 Å². The highest BCUT2D eigenvalue weighted by atomic mass is 16.5. The molecule has 0 saturated carbocycles. The average molecular weight is 284 g/mol. The summed E-state index contributed by atoms with van der Waals surface area (Å²) in [7, 11) is 1.93. The number of nitrogens with zero attached hydrogens (tertiary/aromatic N) is 2. The molecule has 2 fully saturated rings. The lowest BCUT2D eigenvalue weighted by molar-refractivity contribution is -0.146. The van der Waals surface area contributed by atoms with Crippen molar-refractivity contribution in [3.63, 3.8) is 0 Å². The van der Waals surface area contributed by atoms with Gasteiger partial charge in [-0.3, -0.25) is 14.5 Å². The Bertz CT molecular complexity index is 347. The van der Waals surface area contributed by atoms with Crippen LogP contribution in [-0.2, 0) is 14.3 Å². The van der Waals surface area contributed by atoms with Crippen LogP contribution >= 0.6 is 0 Å². The van der Waals surface area contributed by atoms with Gasteiger partial charge in [-0.2, -0.15) is 0 Å². The van der Waals surface area contributed by atoms with Gasteiger partial charge < -0.3 is 14.7 Å². The van der Waals surface area contributed by atoms with E-state index in [1.807, 2.05) is 11.9 Å². The van der Waals surface area contributed by atoms with Crippen LogP contribution in [0.4, 0.5) is 0 Å². The average Bonchev–Trinajstić information content (AvgIpc) is 2.91. The van der Waals surface area contributed by atoms with Crippen molar-refractivity contribution >= 4 is 11.9 Å². The topological polar surface area (TPSA) is 70.1 Å². The molecule has 2 saturated heterocycles. The van der Waals surface area contributed by atoms with Crippen molar-refractivity contribution in [2.45, 2.75) is 31.8 Å². The van der Waals surface area contributed by atoms with E-state index >= 15 is 0 Å². The summed E-state index contributed by atoms with van der Waals surface area (Å²) in [5.74, 6) is -0.939. The molecule has 2 aliphatic heterocycles. The Balaban J connectivity index is 1.70. The summed E-state index contributed by atoms with van der Waals surface area (Å²) in [6.07, 6.45) is 3.57. The summed E-state index contributed by atoms with van der Waals surface area (Å²) in [6.45, 7) is 3.12. The molecule has 1 unspecified atom stereocenters. The van der Waals surface area contributed by atoms with Gasteiger partial charge >= 0.3 is 5.97 Å². The van der Waals surface area contributed by atoms with Gasteiger partial charge in [-0.25, -0.2) is 0 Å². The number of aliphatic carboxylic acids is 1. The molecular weight excluding hydrogens is 260 g/mol. The normalized spacial score (nSPS) is 24.3. The van der Waals surface area contributed by atoms with E-state index in [0.29, 0.717) is 32.5 Å². The van der Waals surface area contributed by atoms with Crippen molar-refractivity contribution in [2.75, 3.05) is 39.8 Å². The molecule has 2 aliphatic rings. The zero-order chi connectivity index (χ0) is 14.5. The summed E-state index contributed by atoms with van der Waals surface area (Å²) >= 11 is 0. The van der Waals surface area contributed by atoms with Gasteiger partial charge in [-0.15, -0.1) is 0 Å². The zero-order valence-corrected chi connectivity index (χ0v) is 12.1. The number of hydrogen-bond acceptors (Lipinski definition) is 4.